The number of fused-ring (bicyclic) bond motifs is 1. The van der Waals surface area contributed by atoms with E-state index in [9.17, 15) is 19.2 Å². The van der Waals surface area contributed by atoms with Gasteiger partial charge in [-0.15, -0.1) is 0 Å². The van der Waals surface area contributed by atoms with Crippen LogP contribution in [0.3, 0.4) is 0 Å². The Hall–Kier alpha value is -3.21. The minimum absolute atomic E-state index is 0.169. The van der Waals surface area contributed by atoms with Gasteiger partial charge in [0.1, 0.15) is 17.6 Å². The summed E-state index contributed by atoms with van der Waals surface area (Å²) < 4.78 is 13.3. The summed E-state index contributed by atoms with van der Waals surface area (Å²) in [6, 6.07) is 7.46. The SMILES string of the molecule is C[C@@H]1CCCN(c2nc3c(c(=O)[nH]2)[C@@H](c2ccc(F)cc2)[C@@H](C#N)C(=O)N3)C1. The van der Waals surface area contributed by atoms with Crippen LogP contribution in [-0.2, 0) is 4.79 Å². The summed E-state index contributed by atoms with van der Waals surface area (Å²) in [5.41, 5.74) is 0.357. The quantitative estimate of drug-likeness (QED) is 0.832. The van der Waals surface area contributed by atoms with E-state index < -0.39 is 29.1 Å². The van der Waals surface area contributed by atoms with E-state index in [1.54, 1.807) is 0 Å². The molecule has 28 heavy (non-hydrogen) atoms. The van der Waals surface area contributed by atoms with Gasteiger partial charge in [-0.1, -0.05) is 19.1 Å². The Morgan fingerprint density at radius 3 is 2.71 bits per heavy atom. The predicted molar refractivity (Wildman–Crippen MR) is 101 cm³/mol. The number of aromatic amines is 1. The van der Waals surface area contributed by atoms with Crippen molar-refractivity contribution in [3.05, 3.63) is 51.6 Å². The summed E-state index contributed by atoms with van der Waals surface area (Å²) in [5.74, 6) is -1.77. The highest BCUT2D eigenvalue weighted by molar-refractivity contribution is 5.97. The third kappa shape index (κ3) is 3.13. The molecular formula is C20H20FN5O2. The smallest absolute Gasteiger partial charge is 0.258 e. The van der Waals surface area contributed by atoms with Crippen molar-refractivity contribution in [3.63, 3.8) is 0 Å². The van der Waals surface area contributed by atoms with Crippen molar-refractivity contribution >= 4 is 17.7 Å². The number of hydrogen-bond donors (Lipinski definition) is 2. The highest BCUT2D eigenvalue weighted by atomic mass is 19.1. The van der Waals surface area contributed by atoms with E-state index in [4.69, 9.17) is 0 Å². The molecule has 3 heterocycles. The maximum absolute atomic E-state index is 13.3. The van der Waals surface area contributed by atoms with Gasteiger partial charge in [0.2, 0.25) is 11.9 Å². The zero-order valence-electron chi connectivity index (χ0n) is 15.4. The minimum atomic E-state index is -1.10. The first-order valence-corrected chi connectivity index (χ1v) is 9.33. The number of H-pyrrole nitrogens is 1. The Morgan fingerprint density at radius 1 is 1.29 bits per heavy atom. The first-order chi connectivity index (χ1) is 13.5. The third-order valence-corrected chi connectivity index (χ3v) is 5.44. The van der Waals surface area contributed by atoms with Crippen molar-refractivity contribution in [2.24, 2.45) is 11.8 Å². The van der Waals surface area contributed by atoms with Gasteiger partial charge in [0.05, 0.1) is 11.6 Å². The lowest BCUT2D eigenvalue weighted by atomic mass is 9.79. The molecule has 0 aliphatic carbocycles. The molecule has 0 saturated carbocycles. The van der Waals surface area contributed by atoms with Gasteiger partial charge in [0.25, 0.3) is 5.56 Å². The highest BCUT2D eigenvalue weighted by Crippen LogP contribution is 2.38. The Kier molecular flexibility index (Phi) is 4.59. The second kappa shape index (κ2) is 7.08. The average molecular weight is 381 g/mol. The number of anilines is 2. The van der Waals surface area contributed by atoms with Crippen LogP contribution in [0.5, 0.6) is 0 Å². The number of carbonyl (C=O) groups excluding carboxylic acids is 1. The number of piperidine rings is 1. The molecule has 144 valence electrons. The van der Waals surface area contributed by atoms with Crippen molar-refractivity contribution in [1.29, 1.82) is 5.26 Å². The number of rotatable bonds is 2. The molecule has 4 rings (SSSR count). The van der Waals surface area contributed by atoms with Crippen LogP contribution in [0.1, 0.15) is 36.8 Å². The fraction of sp³-hybridized carbons (Fsp3) is 0.400. The van der Waals surface area contributed by atoms with Crippen LogP contribution >= 0.6 is 0 Å². The van der Waals surface area contributed by atoms with E-state index in [0.29, 0.717) is 17.4 Å². The Labute approximate surface area is 161 Å². The van der Waals surface area contributed by atoms with Gasteiger partial charge in [0, 0.05) is 19.0 Å². The Balaban J connectivity index is 1.82. The maximum atomic E-state index is 13.3. The molecule has 0 unspecified atom stereocenters. The number of nitriles is 1. The van der Waals surface area contributed by atoms with Crippen molar-refractivity contribution in [2.45, 2.75) is 25.7 Å². The molecule has 1 saturated heterocycles. The second-order valence-electron chi connectivity index (χ2n) is 7.47. The normalized spacial score (nSPS) is 24.2. The maximum Gasteiger partial charge on any atom is 0.258 e. The molecule has 0 radical (unpaired) electrons. The van der Waals surface area contributed by atoms with Gasteiger partial charge >= 0.3 is 0 Å². The zero-order valence-corrected chi connectivity index (χ0v) is 15.4. The molecule has 1 amide bonds. The van der Waals surface area contributed by atoms with Crippen LogP contribution in [0.25, 0.3) is 0 Å². The summed E-state index contributed by atoms with van der Waals surface area (Å²) in [4.78, 5) is 34.8. The molecule has 2 aromatic rings. The molecule has 2 aliphatic heterocycles. The topological polar surface area (TPSA) is 102 Å². The molecule has 2 N–H and O–H groups in total. The third-order valence-electron chi connectivity index (χ3n) is 5.44. The van der Waals surface area contributed by atoms with E-state index in [1.165, 1.54) is 24.3 Å². The van der Waals surface area contributed by atoms with Gasteiger partial charge in [-0.3, -0.25) is 14.6 Å². The summed E-state index contributed by atoms with van der Waals surface area (Å²) in [6.07, 6.45) is 2.13. The highest BCUT2D eigenvalue weighted by Gasteiger charge is 2.40. The van der Waals surface area contributed by atoms with E-state index in [0.717, 1.165) is 25.9 Å². The van der Waals surface area contributed by atoms with Crippen molar-refractivity contribution in [1.82, 2.24) is 9.97 Å². The molecule has 1 aromatic carbocycles. The molecule has 2 aliphatic rings. The first-order valence-electron chi connectivity index (χ1n) is 9.33. The summed E-state index contributed by atoms with van der Waals surface area (Å²) >= 11 is 0. The number of hydrogen-bond acceptors (Lipinski definition) is 5. The molecular weight excluding hydrogens is 361 g/mol. The monoisotopic (exact) mass is 381 g/mol. The van der Waals surface area contributed by atoms with E-state index in [-0.39, 0.29) is 11.4 Å². The van der Waals surface area contributed by atoms with Crippen LogP contribution in [-0.4, -0.2) is 29.0 Å². The standard InChI is InChI=1S/C20H20FN5O2/c1-11-3-2-8-26(10-11)20-24-17-16(19(28)25-20)15(14(9-22)18(27)23-17)12-4-6-13(21)7-5-12/h4-7,11,14-15H,2-3,8,10H2,1H3,(H2,23,24,25,27,28)/t11-,14-,15+/m1/s1. The number of nitrogens with zero attached hydrogens (tertiary/aromatic N) is 3. The van der Waals surface area contributed by atoms with Crippen molar-refractivity contribution in [2.75, 3.05) is 23.3 Å². The predicted octanol–water partition coefficient (Wildman–Crippen LogP) is 2.37. The van der Waals surface area contributed by atoms with Crippen LogP contribution in [0, 0.1) is 29.0 Å². The van der Waals surface area contributed by atoms with E-state index in [1.807, 2.05) is 11.0 Å². The number of aromatic nitrogens is 2. The van der Waals surface area contributed by atoms with Crippen molar-refractivity contribution < 1.29 is 9.18 Å². The number of carbonyl (C=O) groups is 1. The van der Waals surface area contributed by atoms with Gasteiger partial charge in [-0.05, 0) is 36.5 Å². The van der Waals surface area contributed by atoms with Crippen LogP contribution in [0.4, 0.5) is 16.2 Å². The first kappa shape index (κ1) is 18.2. The molecule has 0 bridgehead atoms. The van der Waals surface area contributed by atoms with Crippen molar-refractivity contribution in [3.8, 4) is 6.07 Å². The summed E-state index contributed by atoms with van der Waals surface area (Å²) in [6.45, 7) is 3.70. The number of amides is 1. The fourth-order valence-corrected chi connectivity index (χ4v) is 4.06. The molecule has 0 spiro atoms. The van der Waals surface area contributed by atoms with Gasteiger partial charge in [-0.25, -0.2) is 4.39 Å². The Morgan fingerprint density at radius 2 is 2.04 bits per heavy atom. The lowest BCUT2D eigenvalue weighted by Crippen LogP contribution is -2.41. The second-order valence-corrected chi connectivity index (χ2v) is 7.47. The molecule has 7 nitrogen and oxygen atoms in total. The summed E-state index contributed by atoms with van der Waals surface area (Å²) in [7, 11) is 0. The largest absolute Gasteiger partial charge is 0.342 e. The van der Waals surface area contributed by atoms with Gasteiger partial charge < -0.3 is 10.2 Å². The molecule has 1 fully saturated rings. The number of halogens is 1. The number of nitrogens with one attached hydrogen (secondary N) is 2. The van der Waals surface area contributed by atoms with E-state index in [2.05, 4.69) is 22.2 Å². The molecule has 3 atom stereocenters. The zero-order chi connectivity index (χ0) is 19.8. The lowest BCUT2D eigenvalue weighted by molar-refractivity contribution is -0.119. The lowest BCUT2D eigenvalue weighted by Gasteiger charge is -2.33. The number of benzene rings is 1. The average Bonchev–Trinajstić information content (AvgIpc) is 2.67. The molecule has 1 aromatic heterocycles. The summed E-state index contributed by atoms with van der Waals surface area (Å²) in [5, 5.41) is 12.1. The van der Waals surface area contributed by atoms with Crippen LogP contribution in [0.2, 0.25) is 0 Å². The Bertz CT molecular complexity index is 1010. The fourth-order valence-electron chi connectivity index (χ4n) is 4.06. The van der Waals surface area contributed by atoms with Gasteiger partial charge in [0.15, 0.2) is 0 Å². The minimum Gasteiger partial charge on any atom is -0.342 e. The molecule has 8 heteroatoms. The van der Waals surface area contributed by atoms with E-state index >= 15 is 0 Å². The van der Waals surface area contributed by atoms with Crippen LogP contribution in [0.15, 0.2) is 29.1 Å². The van der Waals surface area contributed by atoms with Crippen LogP contribution < -0.4 is 15.8 Å². The van der Waals surface area contributed by atoms with Gasteiger partial charge in [-0.2, -0.15) is 10.2 Å².